The molecule has 0 aliphatic rings. The minimum absolute atomic E-state index is 0.0932. The summed E-state index contributed by atoms with van der Waals surface area (Å²) >= 11 is 0. The molecule has 0 atom stereocenters. The van der Waals surface area contributed by atoms with E-state index < -0.39 is 0 Å². The quantitative estimate of drug-likeness (QED) is 0.700. The first-order chi connectivity index (χ1) is 13.0. The molecule has 6 heteroatoms. The Morgan fingerprint density at radius 1 is 1.00 bits per heavy atom. The molecular formula is C21H20FN3O2. The van der Waals surface area contributed by atoms with Gasteiger partial charge in [0.1, 0.15) is 11.6 Å². The molecule has 2 aromatic carbocycles. The molecule has 0 saturated carbocycles. The van der Waals surface area contributed by atoms with E-state index in [-0.39, 0.29) is 11.7 Å². The number of amides is 1. The van der Waals surface area contributed by atoms with E-state index in [0.717, 1.165) is 5.56 Å². The number of benzene rings is 2. The molecule has 1 heterocycles. The zero-order valence-corrected chi connectivity index (χ0v) is 15.1. The van der Waals surface area contributed by atoms with Crippen LogP contribution in [0.4, 0.5) is 4.39 Å². The van der Waals surface area contributed by atoms with Gasteiger partial charge in [-0.2, -0.15) is 0 Å². The van der Waals surface area contributed by atoms with Crippen molar-refractivity contribution in [3.63, 3.8) is 0 Å². The van der Waals surface area contributed by atoms with Crippen LogP contribution in [-0.2, 0) is 0 Å². The molecule has 1 amide bonds. The number of carbonyl (C=O) groups excluding carboxylic acids is 1. The molecular weight excluding hydrogens is 345 g/mol. The Morgan fingerprint density at radius 2 is 1.70 bits per heavy atom. The van der Waals surface area contributed by atoms with Crippen molar-refractivity contribution < 1.29 is 13.9 Å². The Bertz CT molecular complexity index is 892. The monoisotopic (exact) mass is 365 g/mol. The van der Waals surface area contributed by atoms with Gasteiger partial charge in [-0.15, -0.1) is 10.2 Å². The lowest BCUT2D eigenvalue weighted by molar-refractivity contribution is 0.0949. The molecule has 0 spiro atoms. The van der Waals surface area contributed by atoms with Crippen molar-refractivity contribution in [2.75, 3.05) is 6.54 Å². The fraction of sp³-hybridized carbons (Fsp3) is 0.190. The Labute approximate surface area is 157 Å². The van der Waals surface area contributed by atoms with Crippen molar-refractivity contribution in [3.8, 4) is 22.9 Å². The number of nitrogens with zero attached hydrogens (tertiary/aromatic N) is 2. The fourth-order valence-corrected chi connectivity index (χ4v) is 2.34. The predicted octanol–water partition coefficient (Wildman–Crippen LogP) is 4.46. The maximum atomic E-state index is 12.9. The molecule has 5 nitrogen and oxygen atoms in total. The lowest BCUT2D eigenvalue weighted by Gasteiger charge is -2.08. The molecule has 3 rings (SSSR count). The van der Waals surface area contributed by atoms with E-state index in [1.54, 1.807) is 24.3 Å². The van der Waals surface area contributed by atoms with Crippen LogP contribution in [0, 0.1) is 11.7 Å². The lowest BCUT2D eigenvalue weighted by atomic mass is 10.1. The number of aromatic nitrogens is 2. The van der Waals surface area contributed by atoms with Gasteiger partial charge in [0.2, 0.25) is 5.88 Å². The fourth-order valence-electron chi connectivity index (χ4n) is 2.34. The van der Waals surface area contributed by atoms with Gasteiger partial charge in [0.25, 0.3) is 5.91 Å². The molecule has 138 valence electrons. The van der Waals surface area contributed by atoms with Gasteiger partial charge in [-0.05, 0) is 48.4 Å². The van der Waals surface area contributed by atoms with Crippen molar-refractivity contribution in [1.82, 2.24) is 15.5 Å². The Kier molecular flexibility index (Phi) is 5.76. The van der Waals surface area contributed by atoms with E-state index >= 15 is 0 Å². The second-order valence-electron chi connectivity index (χ2n) is 6.49. The van der Waals surface area contributed by atoms with Crippen LogP contribution >= 0.6 is 0 Å². The van der Waals surface area contributed by atoms with Gasteiger partial charge in [-0.3, -0.25) is 4.79 Å². The van der Waals surface area contributed by atoms with Crippen LogP contribution in [0.25, 0.3) is 11.3 Å². The molecule has 0 unspecified atom stereocenters. The molecule has 1 N–H and O–H groups in total. The van der Waals surface area contributed by atoms with Crippen molar-refractivity contribution in [2.45, 2.75) is 13.8 Å². The van der Waals surface area contributed by atoms with Crippen LogP contribution in [0.2, 0.25) is 0 Å². The van der Waals surface area contributed by atoms with Gasteiger partial charge in [0, 0.05) is 23.7 Å². The zero-order valence-electron chi connectivity index (χ0n) is 15.1. The number of ether oxygens (including phenoxy) is 1. The molecule has 27 heavy (non-hydrogen) atoms. The van der Waals surface area contributed by atoms with Crippen molar-refractivity contribution in [3.05, 3.63) is 72.0 Å². The van der Waals surface area contributed by atoms with Crippen LogP contribution in [0.15, 0.2) is 60.7 Å². The first kappa shape index (κ1) is 18.5. The van der Waals surface area contributed by atoms with Gasteiger partial charge < -0.3 is 10.1 Å². The van der Waals surface area contributed by atoms with E-state index in [1.165, 1.54) is 24.3 Å². The highest BCUT2D eigenvalue weighted by Crippen LogP contribution is 2.22. The van der Waals surface area contributed by atoms with Crippen LogP contribution in [0.5, 0.6) is 11.6 Å². The van der Waals surface area contributed by atoms with Crippen LogP contribution in [-0.4, -0.2) is 22.6 Å². The minimum atomic E-state index is -0.329. The van der Waals surface area contributed by atoms with E-state index in [1.807, 2.05) is 26.0 Å². The first-order valence-electron chi connectivity index (χ1n) is 8.67. The second kappa shape index (κ2) is 8.40. The molecule has 0 radical (unpaired) electrons. The Balaban J connectivity index is 1.66. The van der Waals surface area contributed by atoms with Crippen molar-refractivity contribution >= 4 is 5.91 Å². The van der Waals surface area contributed by atoms with E-state index in [9.17, 15) is 9.18 Å². The number of carbonyl (C=O) groups is 1. The third-order valence-electron chi connectivity index (χ3n) is 3.79. The maximum absolute atomic E-state index is 12.9. The van der Waals surface area contributed by atoms with Crippen LogP contribution in [0.3, 0.4) is 0 Å². The standard InChI is InChI=1S/C21H20FN3O2/c1-14(2)13-23-21(26)16-5-3-15(4-6-16)19-11-12-20(25-24-19)27-18-9-7-17(22)8-10-18/h3-12,14H,13H2,1-2H3,(H,23,26). The molecule has 0 bridgehead atoms. The number of halogens is 1. The molecule has 3 aromatic rings. The van der Waals surface area contributed by atoms with E-state index in [0.29, 0.717) is 35.3 Å². The Morgan fingerprint density at radius 3 is 2.30 bits per heavy atom. The van der Waals surface area contributed by atoms with Crippen LogP contribution < -0.4 is 10.1 Å². The smallest absolute Gasteiger partial charge is 0.251 e. The van der Waals surface area contributed by atoms with Crippen molar-refractivity contribution in [2.24, 2.45) is 5.92 Å². The predicted molar refractivity (Wildman–Crippen MR) is 101 cm³/mol. The number of nitrogens with one attached hydrogen (secondary N) is 1. The van der Waals surface area contributed by atoms with Crippen LogP contribution in [0.1, 0.15) is 24.2 Å². The maximum Gasteiger partial charge on any atom is 0.251 e. The second-order valence-corrected chi connectivity index (χ2v) is 6.49. The molecule has 1 aromatic heterocycles. The zero-order chi connectivity index (χ0) is 19.2. The topological polar surface area (TPSA) is 64.1 Å². The van der Waals surface area contributed by atoms with Gasteiger partial charge in [-0.25, -0.2) is 4.39 Å². The summed E-state index contributed by atoms with van der Waals surface area (Å²) in [6, 6.07) is 16.3. The molecule has 0 saturated heterocycles. The van der Waals surface area contributed by atoms with Gasteiger partial charge in [0.05, 0.1) is 5.69 Å². The average molecular weight is 365 g/mol. The Hall–Kier alpha value is -3.28. The summed E-state index contributed by atoms with van der Waals surface area (Å²) in [6.45, 7) is 4.73. The normalized spacial score (nSPS) is 10.7. The average Bonchev–Trinajstić information content (AvgIpc) is 2.68. The van der Waals surface area contributed by atoms with Gasteiger partial charge in [0.15, 0.2) is 0 Å². The lowest BCUT2D eigenvalue weighted by Crippen LogP contribution is -2.27. The summed E-state index contributed by atoms with van der Waals surface area (Å²) in [5.41, 5.74) is 2.11. The number of rotatable bonds is 6. The molecule has 0 aliphatic carbocycles. The van der Waals surface area contributed by atoms with Crippen molar-refractivity contribution in [1.29, 1.82) is 0 Å². The van der Waals surface area contributed by atoms with E-state index in [4.69, 9.17) is 4.74 Å². The number of hydrogen-bond acceptors (Lipinski definition) is 4. The highest BCUT2D eigenvalue weighted by Gasteiger charge is 2.08. The highest BCUT2D eigenvalue weighted by atomic mass is 19.1. The summed E-state index contributed by atoms with van der Waals surface area (Å²) in [7, 11) is 0. The first-order valence-corrected chi connectivity index (χ1v) is 8.67. The minimum Gasteiger partial charge on any atom is -0.438 e. The summed E-state index contributed by atoms with van der Waals surface area (Å²) in [4.78, 5) is 12.1. The summed E-state index contributed by atoms with van der Waals surface area (Å²) in [6.07, 6.45) is 0. The third-order valence-corrected chi connectivity index (χ3v) is 3.79. The van der Waals surface area contributed by atoms with Gasteiger partial charge in [-0.1, -0.05) is 26.0 Å². The van der Waals surface area contributed by atoms with E-state index in [2.05, 4.69) is 15.5 Å². The number of hydrogen-bond donors (Lipinski definition) is 1. The summed E-state index contributed by atoms with van der Waals surface area (Å²) < 4.78 is 18.4. The largest absolute Gasteiger partial charge is 0.438 e. The third kappa shape index (κ3) is 5.10. The SMILES string of the molecule is CC(C)CNC(=O)c1ccc(-c2ccc(Oc3ccc(F)cc3)nn2)cc1. The highest BCUT2D eigenvalue weighted by molar-refractivity contribution is 5.94. The molecule has 0 fully saturated rings. The summed E-state index contributed by atoms with van der Waals surface area (Å²) in [5, 5.41) is 11.1. The van der Waals surface area contributed by atoms with Gasteiger partial charge >= 0.3 is 0 Å². The summed E-state index contributed by atoms with van der Waals surface area (Å²) in [5.74, 6) is 0.777. The molecule has 0 aliphatic heterocycles.